The molecular formula is C32H38N4O5. The number of amides is 4. The Morgan fingerprint density at radius 3 is 2.34 bits per heavy atom. The van der Waals surface area contributed by atoms with Crippen molar-refractivity contribution < 1.29 is 23.9 Å². The average molecular weight is 559 g/mol. The minimum absolute atomic E-state index is 0.0599. The second-order valence-corrected chi connectivity index (χ2v) is 10.7. The highest BCUT2D eigenvalue weighted by molar-refractivity contribution is 6.00. The Kier molecular flexibility index (Phi) is 10.2. The second kappa shape index (κ2) is 13.6. The van der Waals surface area contributed by atoms with E-state index < -0.39 is 41.5 Å². The van der Waals surface area contributed by atoms with Crippen LogP contribution in [0.5, 0.6) is 0 Å². The third-order valence-corrected chi connectivity index (χ3v) is 6.33. The summed E-state index contributed by atoms with van der Waals surface area (Å²) in [6, 6.07) is 18.3. The van der Waals surface area contributed by atoms with Crippen LogP contribution >= 0.6 is 0 Å². The Hall–Kier alpha value is -4.66. The molecule has 0 aliphatic heterocycles. The number of nitrogens with two attached hydrogens (primary N) is 1. The smallest absolute Gasteiger partial charge is 0.408 e. The van der Waals surface area contributed by atoms with E-state index in [0.29, 0.717) is 11.3 Å². The lowest BCUT2D eigenvalue weighted by Gasteiger charge is -2.34. The molecule has 9 heteroatoms. The molecule has 0 saturated carbocycles. The fourth-order valence-electron chi connectivity index (χ4n) is 4.47. The fraction of sp³-hybridized carbons (Fsp3) is 0.312. The van der Waals surface area contributed by atoms with Gasteiger partial charge in [0.25, 0.3) is 5.91 Å². The molecule has 0 bridgehead atoms. The standard InChI is InChI=1S/C32H38N4O5/c1-6-21-11-10-14-24(19-21)28(29(38)34-25-16-15-22-12-8-9-13-23(22)20-25)36(7-2)30(39)26(17-18-27(33)37)35-31(40)41-32(3,4)5/h6,8-16,19-20,26,28H,1,7,17-18H2,2-5H3,(H2,33,37)(H,34,38)(H,35,40). The van der Waals surface area contributed by atoms with Gasteiger partial charge in [-0.2, -0.15) is 0 Å². The first-order chi connectivity index (χ1) is 19.4. The lowest BCUT2D eigenvalue weighted by atomic mass is 9.99. The molecule has 0 heterocycles. The van der Waals surface area contributed by atoms with Crippen molar-refractivity contribution >= 4 is 46.4 Å². The maximum atomic E-state index is 14.0. The van der Waals surface area contributed by atoms with E-state index in [-0.39, 0.29) is 19.4 Å². The topological polar surface area (TPSA) is 131 Å². The Morgan fingerprint density at radius 2 is 1.71 bits per heavy atom. The van der Waals surface area contributed by atoms with Crippen LogP contribution in [-0.4, -0.2) is 46.9 Å². The number of benzene rings is 3. The highest BCUT2D eigenvalue weighted by atomic mass is 16.6. The average Bonchev–Trinajstić information content (AvgIpc) is 2.92. The van der Waals surface area contributed by atoms with E-state index in [1.807, 2.05) is 42.5 Å². The second-order valence-electron chi connectivity index (χ2n) is 10.7. The molecule has 0 radical (unpaired) electrons. The molecule has 3 rings (SSSR count). The molecule has 2 unspecified atom stereocenters. The number of carbonyl (C=O) groups excluding carboxylic acids is 4. The van der Waals surface area contributed by atoms with Gasteiger partial charge < -0.3 is 26.0 Å². The van der Waals surface area contributed by atoms with E-state index in [0.717, 1.165) is 16.3 Å². The third-order valence-electron chi connectivity index (χ3n) is 6.33. The molecule has 0 aliphatic carbocycles. The summed E-state index contributed by atoms with van der Waals surface area (Å²) in [6.07, 6.45) is 0.626. The Labute approximate surface area is 240 Å². The Bertz CT molecular complexity index is 1430. The number of rotatable bonds is 11. The van der Waals surface area contributed by atoms with Gasteiger partial charge in [0.2, 0.25) is 11.8 Å². The van der Waals surface area contributed by atoms with Crippen molar-refractivity contribution in [3.8, 4) is 0 Å². The summed E-state index contributed by atoms with van der Waals surface area (Å²) in [5, 5.41) is 7.50. The zero-order valence-electron chi connectivity index (χ0n) is 24.0. The number of hydrogen-bond donors (Lipinski definition) is 3. The van der Waals surface area contributed by atoms with Gasteiger partial charge in [-0.1, -0.05) is 61.2 Å². The normalized spacial score (nSPS) is 12.6. The van der Waals surface area contributed by atoms with Gasteiger partial charge in [-0.05, 0) is 74.2 Å². The predicted molar refractivity (Wildman–Crippen MR) is 161 cm³/mol. The molecule has 4 amide bonds. The first kappa shape index (κ1) is 30.9. The number of likely N-dealkylation sites (N-methyl/N-ethyl adjacent to an activating group) is 1. The van der Waals surface area contributed by atoms with E-state index >= 15 is 0 Å². The van der Waals surface area contributed by atoms with Crippen LogP contribution in [0.3, 0.4) is 0 Å². The lowest BCUT2D eigenvalue weighted by Crippen LogP contribution is -2.52. The zero-order chi connectivity index (χ0) is 30.2. The number of nitrogens with zero attached hydrogens (tertiary/aromatic N) is 1. The molecule has 3 aromatic rings. The van der Waals surface area contributed by atoms with Crippen LogP contribution < -0.4 is 16.4 Å². The molecule has 9 nitrogen and oxygen atoms in total. The van der Waals surface area contributed by atoms with Crippen molar-refractivity contribution in [2.45, 2.75) is 58.2 Å². The summed E-state index contributed by atoms with van der Waals surface area (Å²) in [4.78, 5) is 53.5. The zero-order valence-corrected chi connectivity index (χ0v) is 24.0. The summed E-state index contributed by atoms with van der Waals surface area (Å²) in [5.74, 6) is -1.62. The van der Waals surface area contributed by atoms with Crippen molar-refractivity contribution in [1.29, 1.82) is 0 Å². The number of nitrogens with one attached hydrogen (secondary N) is 2. The molecule has 0 aliphatic rings. The molecule has 216 valence electrons. The molecular weight excluding hydrogens is 520 g/mol. The predicted octanol–water partition coefficient (Wildman–Crippen LogP) is 5.17. The van der Waals surface area contributed by atoms with E-state index in [1.165, 1.54) is 4.90 Å². The van der Waals surface area contributed by atoms with Crippen molar-refractivity contribution in [2.24, 2.45) is 5.73 Å². The van der Waals surface area contributed by atoms with Crippen LogP contribution in [0.25, 0.3) is 16.8 Å². The molecule has 0 saturated heterocycles. The largest absolute Gasteiger partial charge is 0.444 e. The number of alkyl carbamates (subject to hydrolysis) is 1. The molecule has 0 fully saturated rings. The van der Waals surface area contributed by atoms with Crippen molar-refractivity contribution in [3.63, 3.8) is 0 Å². The monoisotopic (exact) mass is 558 g/mol. The Morgan fingerprint density at radius 1 is 1.00 bits per heavy atom. The number of hydrogen-bond acceptors (Lipinski definition) is 5. The SMILES string of the molecule is C=Cc1cccc(C(C(=O)Nc2ccc3ccccc3c2)N(CC)C(=O)C(CCC(N)=O)NC(=O)OC(C)(C)C)c1. The highest BCUT2D eigenvalue weighted by Crippen LogP contribution is 2.27. The molecule has 0 spiro atoms. The van der Waals surface area contributed by atoms with E-state index in [1.54, 1.807) is 58.0 Å². The van der Waals surface area contributed by atoms with Gasteiger partial charge in [0.1, 0.15) is 17.7 Å². The summed E-state index contributed by atoms with van der Waals surface area (Å²) in [5.41, 5.74) is 6.45. The first-order valence-corrected chi connectivity index (χ1v) is 13.5. The third kappa shape index (κ3) is 8.66. The molecule has 41 heavy (non-hydrogen) atoms. The Balaban J connectivity index is 2.00. The first-order valence-electron chi connectivity index (χ1n) is 13.5. The quantitative estimate of drug-likeness (QED) is 0.299. The maximum Gasteiger partial charge on any atom is 0.408 e. The molecule has 3 aromatic carbocycles. The minimum Gasteiger partial charge on any atom is -0.444 e. The molecule has 4 N–H and O–H groups in total. The van der Waals surface area contributed by atoms with Gasteiger partial charge in [0.05, 0.1) is 0 Å². The van der Waals surface area contributed by atoms with Crippen LogP contribution in [0, 0.1) is 0 Å². The van der Waals surface area contributed by atoms with E-state index in [9.17, 15) is 19.2 Å². The van der Waals surface area contributed by atoms with E-state index in [4.69, 9.17) is 10.5 Å². The number of fused-ring (bicyclic) bond motifs is 1. The maximum absolute atomic E-state index is 14.0. The van der Waals surface area contributed by atoms with Gasteiger partial charge in [-0.15, -0.1) is 0 Å². The van der Waals surface area contributed by atoms with Crippen LogP contribution in [0.4, 0.5) is 10.5 Å². The van der Waals surface area contributed by atoms with Gasteiger partial charge in [-0.3, -0.25) is 14.4 Å². The van der Waals surface area contributed by atoms with Gasteiger partial charge in [0, 0.05) is 18.7 Å². The molecule has 0 aromatic heterocycles. The summed E-state index contributed by atoms with van der Waals surface area (Å²) < 4.78 is 5.35. The highest BCUT2D eigenvalue weighted by Gasteiger charge is 2.35. The van der Waals surface area contributed by atoms with E-state index in [2.05, 4.69) is 17.2 Å². The van der Waals surface area contributed by atoms with Crippen LogP contribution in [0.15, 0.2) is 73.3 Å². The van der Waals surface area contributed by atoms with Crippen LogP contribution in [0.1, 0.15) is 57.7 Å². The van der Waals surface area contributed by atoms with Crippen LogP contribution in [-0.2, 0) is 19.1 Å². The fourth-order valence-corrected chi connectivity index (χ4v) is 4.47. The summed E-state index contributed by atoms with van der Waals surface area (Å²) >= 11 is 0. The van der Waals surface area contributed by atoms with Gasteiger partial charge >= 0.3 is 6.09 Å². The summed E-state index contributed by atoms with van der Waals surface area (Å²) in [7, 11) is 0. The number of primary amides is 1. The summed E-state index contributed by atoms with van der Waals surface area (Å²) in [6.45, 7) is 10.8. The molecule has 2 atom stereocenters. The van der Waals surface area contributed by atoms with Crippen molar-refractivity contribution in [3.05, 3.63) is 84.4 Å². The minimum atomic E-state index is -1.16. The van der Waals surface area contributed by atoms with Crippen LogP contribution in [0.2, 0.25) is 0 Å². The lowest BCUT2D eigenvalue weighted by molar-refractivity contribution is -0.140. The van der Waals surface area contributed by atoms with Gasteiger partial charge in [0.15, 0.2) is 0 Å². The van der Waals surface area contributed by atoms with Crippen molar-refractivity contribution in [1.82, 2.24) is 10.2 Å². The number of ether oxygens (including phenoxy) is 1. The number of anilines is 1. The number of carbonyl (C=O) groups is 4. The van der Waals surface area contributed by atoms with Gasteiger partial charge in [-0.25, -0.2) is 4.79 Å². The van der Waals surface area contributed by atoms with Crippen molar-refractivity contribution in [2.75, 3.05) is 11.9 Å².